The van der Waals surface area contributed by atoms with Crippen LogP contribution < -0.4 is 0 Å². The van der Waals surface area contributed by atoms with Gasteiger partial charge in [0.15, 0.2) is 0 Å². The molecular formula is C25H42F6O4. The molecule has 0 amide bonds. The summed E-state index contributed by atoms with van der Waals surface area (Å²) in [7, 11) is 0. The van der Waals surface area contributed by atoms with Gasteiger partial charge in [0.05, 0.1) is 10.8 Å². The molecule has 1 saturated carbocycles. The first-order valence-electron chi connectivity index (χ1n) is 12.0. The lowest BCUT2D eigenvalue weighted by Crippen LogP contribution is -2.47. The van der Waals surface area contributed by atoms with Crippen LogP contribution in [0.5, 0.6) is 0 Å². The van der Waals surface area contributed by atoms with Gasteiger partial charge in [0.1, 0.15) is 6.10 Å². The van der Waals surface area contributed by atoms with Crippen LogP contribution in [0.4, 0.5) is 26.3 Å². The van der Waals surface area contributed by atoms with Crippen molar-refractivity contribution < 1.29 is 45.4 Å². The van der Waals surface area contributed by atoms with Crippen molar-refractivity contribution in [1.29, 1.82) is 0 Å². The quantitative estimate of drug-likeness (QED) is 0.263. The first kappa shape index (κ1) is 33.5. The van der Waals surface area contributed by atoms with E-state index in [1.165, 1.54) is 33.6 Å². The van der Waals surface area contributed by atoms with E-state index < -0.39 is 29.8 Å². The van der Waals surface area contributed by atoms with Crippen molar-refractivity contribution in [1.82, 2.24) is 0 Å². The van der Waals surface area contributed by atoms with Gasteiger partial charge in [-0.2, -0.15) is 26.3 Å². The Morgan fingerprint density at radius 2 is 1.09 bits per heavy atom. The molecule has 1 aliphatic rings. The average Bonchev–Trinajstić information content (AvgIpc) is 2.70. The van der Waals surface area contributed by atoms with Crippen LogP contribution in [-0.2, 0) is 19.1 Å². The number of alkyl halides is 6. The molecule has 0 radical (unpaired) electrons. The van der Waals surface area contributed by atoms with E-state index in [1.807, 2.05) is 20.8 Å². The number of esters is 2. The third-order valence-corrected chi connectivity index (χ3v) is 6.87. The number of ether oxygens (including phenoxy) is 2. The average molecular weight is 521 g/mol. The van der Waals surface area contributed by atoms with Gasteiger partial charge in [-0.25, -0.2) is 0 Å². The molecule has 0 bridgehead atoms. The molecule has 0 atom stereocenters. The van der Waals surface area contributed by atoms with Crippen molar-refractivity contribution in [3.8, 4) is 0 Å². The molecule has 1 rings (SSSR count). The number of carbonyl (C=O) groups is 2. The maximum Gasteiger partial charge on any atom is 0.434 e. The van der Waals surface area contributed by atoms with Gasteiger partial charge in [-0.1, -0.05) is 34.6 Å². The maximum atomic E-state index is 12.1. The van der Waals surface area contributed by atoms with E-state index in [1.54, 1.807) is 0 Å². The first-order chi connectivity index (χ1) is 15.5. The van der Waals surface area contributed by atoms with Crippen LogP contribution >= 0.6 is 0 Å². The zero-order valence-corrected chi connectivity index (χ0v) is 22.4. The fourth-order valence-electron chi connectivity index (χ4n) is 3.23. The molecule has 0 aromatic carbocycles. The van der Waals surface area contributed by atoms with Crippen molar-refractivity contribution in [2.75, 3.05) is 0 Å². The second kappa shape index (κ2) is 12.2. The Hall–Kier alpha value is -1.48. The van der Waals surface area contributed by atoms with E-state index in [4.69, 9.17) is 4.74 Å². The van der Waals surface area contributed by atoms with Gasteiger partial charge < -0.3 is 9.47 Å². The summed E-state index contributed by atoms with van der Waals surface area (Å²) in [5.41, 5.74) is -1.34. The third-order valence-electron chi connectivity index (χ3n) is 6.87. The van der Waals surface area contributed by atoms with E-state index in [2.05, 4.69) is 25.5 Å². The van der Waals surface area contributed by atoms with Gasteiger partial charge in [0, 0.05) is 0 Å². The Balaban J connectivity index is 0.000000662. The van der Waals surface area contributed by atoms with E-state index in [9.17, 15) is 35.9 Å². The fourth-order valence-corrected chi connectivity index (χ4v) is 3.23. The van der Waals surface area contributed by atoms with Crippen LogP contribution in [-0.4, -0.2) is 36.5 Å². The Kier molecular flexibility index (Phi) is 11.7. The second-order valence-electron chi connectivity index (χ2n) is 11.6. The number of hydrogen-bond donors (Lipinski definition) is 0. The van der Waals surface area contributed by atoms with E-state index in [0.717, 1.165) is 25.2 Å². The number of hydrogen-bond acceptors (Lipinski definition) is 4. The summed E-state index contributed by atoms with van der Waals surface area (Å²) in [6.45, 7) is 16.8. The SMILES string of the molecule is CCC(C)(C)C(=O)OC(C(F)(F)F)C(F)(F)F.CCC(C)(C)C(=O)OC1CCC(C(C)(C)C)CC1. The van der Waals surface area contributed by atoms with Crippen LogP contribution in [0, 0.1) is 22.2 Å². The normalized spacial score (nSPS) is 20.1. The molecule has 0 saturated heterocycles. The first-order valence-corrected chi connectivity index (χ1v) is 12.0. The van der Waals surface area contributed by atoms with Crippen molar-refractivity contribution in [3.63, 3.8) is 0 Å². The molecule has 0 aromatic rings. The molecule has 0 spiro atoms. The van der Waals surface area contributed by atoms with Crippen molar-refractivity contribution in [2.24, 2.45) is 22.2 Å². The van der Waals surface area contributed by atoms with E-state index >= 15 is 0 Å². The maximum absolute atomic E-state index is 12.1. The smallest absolute Gasteiger partial charge is 0.434 e. The largest absolute Gasteiger partial charge is 0.462 e. The van der Waals surface area contributed by atoms with Crippen LogP contribution in [0.3, 0.4) is 0 Å². The van der Waals surface area contributed by atoms with Gasteiger partial charge in [-0.15, -0.1) is 0 Å². The van der Waals surface area contributed by atoms with Gasteiger partial charge >= 0.3 is 24.3 Å². The molecular weight excluding hydrogens is 478 g/mol. The highest BCUT2D eigenvalue weighted by Crippen LogP contribution is 2.39. The molecule has 4 nitrogen and oxygen atoms in total. The number of rotatable bonds is 6. The Morgan fingerprint density at radius 3 is 1.40 bits per heavy atom. The molecule has 0 aliphatic heterocycles. The van der Waals surface area contributed by atoms with Gasteiger partial charge in [0.25, 0.3) is 6.10 Å². The lowest BCUT2D eigenvalue weighted by Gasteiger charge is -2.37. The third kappa shape index (κ3) is 11.0. The second-order valence-corrected chi connectivity index (χ2v) is 11.6. The molecule has 1 aliphatic carbocycles. The zero-order chi connectivity index (χ0) is 28.0. The highest BCUT2D eigenvalue weighted by molar-refractivity contribution is 5.76. The molecule has 1 fully saturated rings. The van der Waals surface area contributed by atoms with Crippen LogP contribution in [0.1, 0.15) is 101 Å². The predicted molar refractivity (Wildman–Crippen MR) is 121 cm³/mol. The summed E-state index contributed by atoms with van der Waals surface area (Å²) >= 11 is 0. The van der Waals surface area contributed by atoms with Crippen LogP contribution in [0.25, 0.3) is 0 Å². The zero-order valence-electron chi connectivity index (χ0n) is 22.4. The molecule has 0 heterocycles. The van der Waals surface area contributed by atoms with Crippen molar-refractivity contribution >= 4 is 11.9 Å². The number of halogens is 6. The number of carbonyl (C=O) groups excluding carboxylic acids is 2. The molecule has 208 valence electrons. The van der Waals surface area contributed by atoms with E-state index in [-0.39, 0.29) is 23.9 Å². The van der Waals surface area contributed by atoms with Crippen molar-refractivity contribution in [3.05, 3.63) is 0 Å². The van der Waals surface area contributed by atoms with Gasteiger partial charge in [-0.05, 0) is 77.6 Å². The van der Waals surface area contributed by atoms with E-state index in [0.29, 0.717) is 5.41 Å². The minimum atomic E-state index is -5.67. The summed E-state index contributed by atoms with van der Waals surface area (Å²) < 4.78 is 81.6. The summed E-state index contributed by atoms with van der Waals surface area (Å²) in [5.74, 6) is -0.782. The molecule has 0 unspecified atom stereocenters. The highest BCUT2D eigenvalue weighted by atomic mass is 19.4. The Labute approximate surface area is 205 Å². The molecule has 0 N–H and O–H groups in total. The van der Waals surface area contributed by atoms with Gasteiger partial charge in [-0.3, -0.25) is 9.59 Å². The summed E-state index contributed by atoms with van der Waals surface area (Å²) in [6.07, 6.45) is -9.91. The van der Waals surface area contributed by atoms with Crippen LogP contribution in [0.2, 0.25) is 0 Å². The Morgan fingerprint density at radius 1 is 0.714 bits per heavy atom. The topological polar surface area (TPSA) is 52.6 Å². The summed E-state index contributed by atoms with van der Waals surface area (Å²) in [6, 6.07) is 0. The standard InChI is InChI=1S/C16H30O2.C9H12F6O2/c1-7-16(5,6)14(17)18-13-10-8-12(9-11-13)15(2,3)4;1-4-7(2,3)6(16)17-5(8(10,11)12)9(13,14)15/h12-13H,7-11H2,1-6H3;5H,4H2,1-3H3. The lowest BCUT2D eigenvalue weighted by molar-refractivity contribution is -0.315. The van der Waals surface area contributed by atoms with Crippen molar-refractivity contribution in [2.45, 2.75) is 125 Å². The predicted octanol–water partition coefficient (Wildman–Crippen LogP) is 8.03. The highest BCUT2D eigenvalue weighted by Gasteiger charge is 2.60. The summed E-state index contributed by atoms with van der Waals surface area (Å²) in [4.78, 5) is 23.2. The fraction of sp³-hybridized carbons (Fsp3) is 0.920. The Bertz CT molecular complexity index is 668. The van der Waals surface area contributed by atoms with Crippen LogP contribution in [0.15, 0.2) is 0 Å². The van der Waals surface area contributed by atoms with Gasteiger partial charge in [0.2, 0.25) is 0 Å². The minimum absolute atomic E-state index is 0.0239. The molecule has 35 heavy (non-hydrogen) atoms. The molecule has 0 aromatic heterocycles. The molecule has 10 heteroatoms. The monoisotopic (exact) mass is 520 g/mol. The summed E-state index contributed by atoms with van der Waals surface area (Å²) in [5, 5.41) is 0. The minimum Gasteiger partial charge on any atom is -0.462 e. The lowest BCUT2D eigenvalue weighted by atomic mass is 9.72.